The Bertz CT molecular complexity index is 784. The third kappa shape index (κ3) is 1.98. The fourth-order valence-corrected chi connectivity index (χ4v) is 2.87. The molecule has 0 amide bonds. The first kappa shape index (κ1) is 12.4. The zero-order chi connectivity index (χ0) is 13.6. The third-order valence-corrected chi connectivity index (χ3v) is 4.02. The van der Waals surface area contributed by atoms with Crippen molar-refractivity contribution in [3.8, 4) is 0 Å². The Hall–Kier alpha value is -1.61. The second-order valence-corrected chi connectivity index (χ2v) is 5.75. The first-order valence-electron chi connectivity index (χ1n) is 6.23. The molecule has 96 valence electrons. The minimum atomic E-state index is -0.0613. The second kappa shape index (κ2) is 4.49. The molecule has 0 fully saturated rings. The highest BCUT2D eigenvalue weighted by molar-refractivity contribution is 9.10. The molecule has 0 saturated heterocycles. The van der Waals surface area contributed by atoms with Crippen molar-refractivity contribution in [1.82, 2.24) is 0 Å². The van der Waals surface area contributed by atoms with Crippen molar-refractivity contribution in [3.05, 3.63) is 46.6 Å². The van der Waals surface area contributed by atoms with E-state index < -0.39 is 0 Å². The zero-order valence-electron chi connectivity index (χ0n) is 10.7. The van der Waals surface area contributed by atoms with Crippen LogP contribution in [-0.2, 0) is 0 Å². The quantitative estimate of drug-likeness (QED) is 0.609. The van der Waals surface area contributed by atoms with Crippen LogP contribution >= 0.6 is 15.9 Å². The van der Waals surface area contributed by atoms with Gasteiger partial charge < -0.3 is 4.42 Å². The van der Waals surface area contributed by atoms with Gasteiger partial charge in [-0.3, -0.25) is 4.79 Å². The van der Waals surface area contributed by atoms with Crippen LogP contribution in [0.1, 0.15) is 24.4 Å². The normalized spacial score (nSPS) is 11.6. The number of Topliss-reactive ketones (excluding diaryl/α,β-unsaturated/α-hetero) is 1. The summed E-state index contributed by atoms with van der Waals surface area (Å²) in [7, 11) is 0. The van der Waals surface area contributed by atoms with E-state index >= 15 is 0 Å². The molecule has 0 aliphatic heterocycles. The molecule has 2 nitrogen and oxygen atoms in total. The molecule has 1 aromatic heterocycles. The van der Waals surface area contributed by atoms with Gasteiger partial charge in [-0.2, -0.15) is 0 Å². The molecule has 2 aromatic carbocycles. The number of fused-ring (bicyclic) bond motifs is 2. The molecular weight excluding hydrogens is 304 g/mol. The first-order valence-corrected chi connectivity index (χ1v) is 7.02. The average Bonchev–Trinajstić information content (AvgIpc) is 2.82. The van der Waals surface area contributed by atoms with Gasteiger partial charge in [0.25, 0.3) is 0 Å². The van der Waals surface area contributed by atoms with Crippen molar-refractivity contribution >= 4 is 43.5 Å². The van der Waals surface area contributed by atoms with Crippen LogP contribution in [0.15, 0.2) is 45.3 Å². The van der Waals surface area contributed by atoms with Gasteiger partial charge >= 0.3 is 0 Å². The summed E-state index contributed by atoms with van der Waals surface area (Å²) in [6, 6.07) is 12.0. The predicted octanol–water partition coefficient (Wildman–Crippen LogP) is 5.19. The van der Waals surface area contributed by atoms with Gasteiger partial charge in [0, 0.05) is 11.3 Å². The average molecular weight is 317 g/mol. The molecule has 3 rings (SSSR count). The molecule has 0 aliphatic rings. The maximum absolute atomic E-state index is 12.0. The van der Waals surface area contributed by atoms with Crippen LogP contribution in [0.2, 0.25) is 0 Å². The molecule has 3 aromatic rings. The minimum absolute atomic E-state index is 0.0344. The molecule has 0 radical (unpaired) electrons. The van der Waals surface area contributed by atoms with E-state index in [2.05, 4.69) is 28.1 Å². The Morgan fingerprint density at radius 1 is 1.16 bits per heavy atom. The van der Waals surface area contributed by atoms with E-state index in [4.69, 9.17) is 4.42 Å². The summed E-state index contributed by atoms with van der Waals surface area (Å²) >= 11 is 3.58. The number of halogens is 1. The number of furan rings is 1. The zero-order valence-corrected chi connectivity index (χ0v) is 12.3. The highest BCUT2D eigenvalue weighted by atomic mass is 79.9. The monoisotopic (exact) mass is 316 g/mol. The number of ketones is 1. The van der Waals surface area contributed by atoms with Gasteiger partial charge in [0.15, 0.2) is 5.76 Å². The van der Waals surface area contributed by atoms with E-state index in [1.807, 2.05) is 38.1 Å². The lowest BCUT2D eigenvalue weighted by atomic mass is 10.1. The summed E-state index contributed by atoms with van der Waals surface area (Å²) in [6.45, 7) is 3.75. The fraction of sp³-hybridized carbons (Fsp3) is 0.188. The molecular formula is C16H13BrO2. The van der Waals surface area contributed by atoms with Crippen LogP contribution in [0, 0.1) is 5.92 Å². The lowest BCUT2D eigenvalue weighted by molar-refractivity contribution is 0.0913. The molecule has 1 heterocycles. The molecule has 3 heteroatoms. The van der Waals surface area contributed by atoms with E-state index in [1.165, 1.54) is 0 Å². The molecule has 0 atom stereocenters. The molecule has 0 saturated carbocycles. The van der Waals surface area contributed by atoms with Crippen molar-refractivity contribution in [2.24, 2.45) is 5.92 Å². The Kier molecular flexibility index (Phi) is 2.94. The first-order chi connectivity index (χ1) is 9.08. The molecule has 0 spiro atoms. The molecule has 0 bridgehead atoms. The number of carbonyl (C=O) groups is 1. The smallest absolute Gasteiger partial charge is 0.200 e. The van der Waals surface area contributed by atoms with E-state index in [-0.39, 0.29) is 11.7 Å². The minimum Gasteiger partial charge on any atom is -0.452 e. The number of rotatable bonds is 2. The van der Waals surface area contributed by atoms with Crippen molar-refractivity contribution in [2.45, 2.75) is 13.8 Å². The highest BCUT2D eigenvalue weighted by Gasteiger charge is 2.17. The maximum Gasteiger partial charge on any atom is 0.200 e. The third-order valence-electron chi connectivity index (χ3n) is 3.24. The summed E-state index contributed by atoms with van der Waals surface area (Å²) in [4.78, 5) is 12.0. The summed E-state index contributed by atoms with van der Waals surface area (Å²) in [5.74, 6) is 0.405. The SMILES string of the molecule is CC(C)C(=O)c1cc2cc3ccccc3c(Br)c2o1. The second-order valence-electron chi connectivity index (χ2n) is 4.96. The molecule has 0 aliphatic carbocycles. The van der Waals surface area contributed by atoms with Crippen molar-refractivity contribution in [1.29, 1.82) is 0 Å². The van der Waals surface area contributed by atoms with Crippen molar-refractivity contribution < 1.29 is 9.21 Å². The Balaban J connectivity index is 2.31. The van der Waals surface area contributed by atoms with Crippen LogP contribution in [0.3, 0.4) is 0 Å². The van der Waals surface area contributed by atoms with Crippen LogP contribution in [-0.4, -0.2) is 5.78 Å². The lowest BCUT2D eigenvalue weighted by Gasteiger charge is -2.01. The van der Waals surface area contributed by atoms with Gasteiger partial charge in [0.1, 0.15) is 5.58 Å². The number of carbonyl (C=O) groups excluding carboxylic acids is 1. The van der Waals surface area contributed by atoms with Gasteiger partial charge in [0.05, 0.1) is 4.47 Å². The maximum atomic E-state index is 12.0. The Morgan fingerprint density at radius 3 is 2.63 bits per heavy atom. The van der Waals surface area contributed by atoms with Gasteiger partial charge in [-0.05, 0) is 38.8 Å². The van der Waals surface area contributed by atoms with Crippen molar-refractivity contribution in [2.75, 3.05) is 0 Å². The van der Waals surface area contributed by atoms with Crippen molar-refractivity contribution in [3.63, 3.8) is 0 Å². The van der Waals surface area contributed by atoms with Gasteiger partial charge in [-0.15, -0.1) is 0 Å². The highest BCUT2D eigenvalue weighted by Crippen LogP contribution is 2.35. The van der Waals surface area contributed by atoms with Crippen LogP contribution in [0.5, 0.6) is 0 Å². The fourth-order valence-electron chi connectivity index (χ4n) is 2.20. The van der Waals surface area contributed by atoms with E-state index in [1.54, 1.807) is 0 Å². The van der Waals surface area contributed by atoms with Crippen LogP contribution in [0.4, 0.5) is 0 Å². The molecule has 0 N–H and O–H groups in total. The Morgan fingerprint density at radius 2 is 1.89 bits per heavy atom. The standard InChI is InChI=1S/C16H13BrO2/c1-9(2)15(18)13-8-11-7-10-5-3-4-6-12(10)14(17)16(11)19-13/h3-9H,1-2H3. The van der Waals surface area contributed by atoms with Gasteiger partial charge in [-0.25, -0.2) is 0 Å². The number of benzene rings is 2. The van der Waals surface area contributed by atoms with Crippen LogP contribution < -0.4 is 0 Å². The van der Waals surface area contributed by atoms with Gasteiger partial charge in [-0.1, -0.05) is 38.1 Å². The summed E-state index contributed by atoms with van der Waals surface area (Å²) in [6.07, 6.45) is 0. The summed E-state index contributed by atoms with van der Waals surface area (Å²) < 4.78 is 6.64. The molecule has 0 unspecified atom stereocenters. The summed E-state index contributed by atoms with van der Waals surface area (Å²) in [5, 5.41) is 3.17. The van der Waals surface area contributed by atoms with Crippen LogP contribution in [0.25, 0.3) is 21.7 Å². The lowest BCUT2D eigenvalue weighted by Crippen LogP contribution is -2.05. The molecule has 19 heavy (non-hydrogen) atoms. The number of hydrogen-bond acceptors (Lipinski definition) is 2. The number of hydrogen-bond donors (Lipinski definition) is 0. The van der Waals surface area contributed by atoms with E-state index in [0.29, 0.717) is 5.76 Å². The predicted molar refractivity (Wildman–Crippen MR) is 80.6 cm³/mol. The summed E-state index contributed by atoms with van der Waals surface area (Å²) in [5.41, 5.74) is 0.739. The van der Waals surface area contributed by atoms with Gasteiger partial charge in [0.2, 0.25) is 5.78 Å². The van der Waals surface area contributed by atoms with E-state index in [0.717, 1.165) is 26.2 Å². The topological polar surface area (TPSA) is 30.2 Å². The van der Waals surface area contributed by atoms with E-state index in [9.17, 15) is 4.79 Å². The Labute approximate surface area is 119 Å². The largest absolute Gasteiger partial charge is 0.452 e.